The Hall–Kier alpha value is -1.45. The van der Waals surface area contributed by atoms with E-state index >= 15 is 0 Å². The van der Waals surface area contributed by atoms with Crippen LogP contribution in [-0.2, 0) is 10.7 Å². The van der Waals surface area contributed by atoms with Crippen molar-refractivity contribution in [2.75, 3.05) is 0 Å². The first-order valence-corrected chi connectivity index (χ1v) is 6.03. The molecule has 0 aliphatic heterocycles. The number of carbonyl (C=O) groups is 1. The minimum atomic E-state index is -3.10. The zero-order chi connectivity index (χ0) is 13.4. The van der Waals surface area contributed by atoms with Gasteiger partial charge < -0.3 is 5.11 Å². The van der Waals surface area contributed by atoms with Crippen molar-refractivity contribution in [3.63, 3.8) is 0 Å². The van der Waals surface area contributed by atoms with E-state index in [1.54, 1.807) is 18.2 Å². The Morgan fingerprint density at radius 2 is 1.89 bits per heavy atom. The lowest BCUT2D eigenvalue weighted by Gasteiger charge is -2.29. The normalized spacial score (nSPS) is 19.3. The number of alkyl halides is 2. The number of rotatable bonds is 5. The number of carboxylic acids is 1. The molecule has 0 aromatic heterocycles. The zero-order valence-electron chi connectivity index (χ0n) is 10.2. The summed E-state index contributed by atoms with van der Waals surface area (Å²) in [6.07, 6.45) is 0.825. The second kappa shape index (κ2) is 4.34. The molecule has 0 heterocycles. The van der Waals surface area contributed by atoms with Crippen LogP contribution in [0.5, 0.6) is 0 Å². The van der Waals surface area contributed by atoms with Gasteiger partial charge in [-0.2, -0.15) is 0 Å². The van der Waals surface area contributed by atoms with Gasteiger partial charge in [0.2, 0.25) is 0 Å². The maximum absolute atomic E-state index is 14.1. The fourth-order valence-electron chi connectivity index (χ4n) is 2.36. The molecule has 0 bridgehead atoms. The van der Waals surface area contributed by atoms with E-state index in [1.165, 1.54) is 19.1 Å². The summed E-state index contributed by atoms with van der Waals surface area (Å²) >= 11 is 0. The highest BCUT2D eigenvalue weighted by Crippen LogP contribution is 2.52. The predicted molar refractivity (Wildman–Crippen MR) is 63.4 cm³/mol. The second-order valence-electron chi connectivity index (χ2n) is 5.24. The predicted octanol–water partition coefficient (Wildman–Crippen LogP) is 3.67. The van der Waals surface area contributed by atoms with Crippen molar-refractivity contribution in [2.24, 2.45) is 11.3 Å². The summed E-state index contributed by atoms with van der Waals surface area (Å²) in [5, 5.41) is 9.22. The molecule has 0 amide bonds. The summed E-state index contributed by atoms with van der Waals surface area (Å²) in [5.41, 5.74) is -1.45. The fraction of sp³-hybridized carbons (Fsp3) is 0.500. The molecule has 1 aliphatic carbocycles. The van der Waals surface area contributed by atoms with E-state index in [9.17, 15) is 18.7 Å². The Labute approximate surface area is 105 Å². The number of hydrogen-bond donors (Lipinski definition) is 1. The number of aliphatic carboxylic acids is 1. The van der Waals surface area contributed by atoms with Gasteiger partial charge in [-0.15, -0.1) is 0 Å². The molecule has 0 spiro atoms. The summed E-state index contributed by atoms with van der Waals surface area (Å²) in [6.45, 7) is 1.43. The smallest absolute Gasteiger partial charge is 0.309 e. The van der Waals surface area contributed by atoms with Crippen molar-refractivity contribution in [3.05, 3.63) is 35.9 Å². The van der Waals surface area contributed by atoms with Crippen LogP contribution in [0, 0.1) is 11.3 Å². The molecular weight excluding hydrogens is 238 g/mol. The van der Waals surface area contributed by atoms with E-state index in [0.29, 0.717) is 0 Å². The second-order valence-corrected chi connectivity index (χ2v) is 5.24. The highest BCUT2D eigenvalue weighted by molar-refractivity contribution is 5.75. The molecule has 98 valence electrons. The number of halogens is 2. The average molecular weight is 254 g/mol. The van der Waals surface area contributed by atoms with Crippen LogP contribution in [0.4, 0.5) is 8.78 Å². The molecule has 1 saturated carbocycles. The van der Waals surface area contributed by atoms with Gasteiger partial charge in [-0.05, 0) is 25.7 Å². The van der Waals surface area contributed by atoms with Crippen molar-refractivity contribution < 1.29 is 18.7 Å². The van der Waals surface area contributed by atoms with Crippen LogP contribution in [-0.4, -0.2) is 11.1 Å². The van der Waals surface area contributed by atoms with Crippen LogP contribution in [0.3, 0.4) is 0 Å². The standard InChI is InChI=1S/C14H16F2O2/c1-13(12(17)18,10-7-8-10)9-14(15,16)11-5-3-2-4-6-11/h2-6,10H,7-9H2,1H3,(H,17,18). The van der Waals surface area contributed by atoms with Gasteiger partial charge in [0, 0.05) is 12.0 Å². The monoisotopic (exact) mass is 254 g/mol. The van der Waals surface area contributed by atoms with Crippen molar-refractivity contribution in [1.82, 2.24) is 0 Å². The zero-order valence-corrected chi connectivity index (χ0v) is 10.2. The SMILES string of the molecule is CC(CC(F)(F)c1ccccc1)(C(=O)O)C1CC1. The van der Waals surface area contributed by atoms with Crippen LogP contribution in [0.25, 0.3) is 0 Å². The molecule has 1 N–H and O–H groups in total. The lowest BCUT2D eigenvalue weighted by Crippen LogP contribution is -2.35. The van der Waals surface area contributed by atoms with E-state index in [2.05, 4.69) is 0 Å². The third kappa shape index (κ3) is 2.37. The summed E-state index contributed by atoms with van der Waals surface area (Å²) in [5.74, 6) is -4.35. The molecule has 0 radical (unpaired) electrons. The summed E-state index contributed by atoms with van der Waals surface area (Å²) in [4.78, 5) is 11.3. The van der Waals surface area contributed by atoms with Crippen LogP contribution in [0.15, 0.2) is 30.3 Å². The van der Waals surface area contributed by atoms with Gasteiger partial charge in [0.05, 0.1) is 5.41 Å². The first-order valence-electron chi connectivity index (χ1n) is 6.03. The van der Waals surface area contributed by atoms with Gasteiger partial charge in [-0.25, -0.2) is 8.78 Å². The topological polar surface area (TPSA) is 37.3 Å². The van der Waals surface area contributed by atoms with Crippen LogP contribution < -0.4 is 0 Å². The van der Waals surface area contributed by atoms with Crippen molar-refractivity contribution in [2.45, 2.75) is 32.1 Å². The number of hydrogen-bond acceptors (Lipinski definition) is 1. The Morgan fingerprint density at radius 1 is 1.33 bits per heavy atom. The van der Waals surface area contributed by atoms with Gasteiger partial charge in [-0.1, -0.05) is 30.3 Å². The number of benzene rings is 1. The van der Waals surface area contributed by atoms with Gasteiger partial charge in [-0.3, -0.25) is 4.79 Å². The fourth-order valence-corrected chi connectivity index (χ4v) is 2.36. The van der Waals surface area contributed by atoms with Crippen LogP contribution >= 0.6 is 0 Å². The first kappa shape index (κ1) is 13.0. The lowest BCUT2D eigenvalue weighted by atomic mass is 9.78. The van der Waals surface area contributed by atoms with E-state index in [0.717, 1.165) is 12.8 Å². The molecule has 2 rings (SSSR count). The molecule has 0 saturated heterocycles. The van der Waals surface area contributed by atoms with Crippen molar-refractivity contribution in [1.29, 1.82) is 0 Å². The molecular formula is C14H16F2O2. The Morgan fingerprint density at radius 3 is 2.33 bits per heavy atom. The van der Waals surface area contributed by atoms with E-state index in [4.69, 9.17) is 0 Å². The summed E-state index contributed by atoms with van der Waals surface area (Å²) in [6, 6.07) is 7.43. The van der Waals surface area contributed by atoms with Gasteiger partial charge >= 0.3 is 5.97 Å². The number of carboxylic acid groups (broad SMARTS) is 1. The third-order valence-electron chi connectivity index (χ3n) is 3.75. The molecule has 2 nitrogen and oxygen atoms in total. The van der Waals surface area contributed by atoms with E-state index in [1.807, 2.05) is 0 Å². The minimum absolute atomic E-state index is 0.113. The molecule has 1 atom stereocenters. The average Bonchev–Trinajstić information content (AvgIpc) is 3.13. The Bertz CT molecular complexity index is 440. The van der Waals surface area contributed by atoms with Crippen molar-refractivity contribution in [3.8, 4) is 0 Å². The molecule has 1 unspecified atom stereocenters. The highest BCUT2D eigenvalue weighted by Gasteiger charge is 2.53. The molecule has 4 heteroatoms. The van der Waals surface area contributed by atoms with Gasteiger partial charge in [0.1, 0.15) is 0 Å². The quantitative estimate of drug-likeness (QED) is 0.870. The molecule has 18 heavy (non-hydrogen) atoms. The highest BCUT2D eigenvalue weighted by atomic mass is 19.3. The van der Waals surface area contributed by atoms with Gasteiger partial charge in [0.15, 0.2) is 0 Å². The Kier molecular flexibility index (Phi) is 3.13. The van der Waals surface area contributed by atoms with Crippen LogP contribution in [0.1, 0.15) is 31.7 Å². The summed E-state index contributed by atoms with van der Waals surface area (Å²) in [7, 11) is 0. The molecule has 1 aromatic carbocycles. The minimum Gasteiger partial charge on any atom is -0.481 e. The lowest BCUT2D eigenvalue weighted by molar-refractivity contribution is -0.157. The maximum Gasteiger partial charge on any atom is 0.309 e. The summed E-state index contributed by atoms with van der Waals surface area (Å²) < 4.78 is 28.3. The molecule has 1 aliphatic rings. The first-order chi connectivity index (χ1) is 8.36. The van der Waals surface area contributed by atoms with E-state index < -0.39 is 23.7 Å². The molecule has 1 aromatic rings. The Balaban J connectivity index is 2.23. The largest absolute Gasteiger partial charge is 0.481 e. The van der Waals surface area contributed by atoms with Gasteiger partial charge in [0.25, 0.3) is 5.92 Å². The molecule has 1 fully saturated rings. The van der Waals surface area contributed by atoms with E-state index in [-0.39, 0.29) is 11.5 Å². The maximum atomic E-state index is 14.1. The van der Waals surface area contributed by atoms with Crippen LogP contribution in [0.2, 0.25) is 0 Å². The third-order valence-corrected chi connectivity index (χ3v) is 3.75. The van der Waals surface area contributed by atoms with Crippen molar-refractivity contribution >= 4 is 5.97 Å².